The predicted molar refractivity (Wildman–Crippen MR) is 191 cm³/mol. The second-order valence-corrected chi connectivity index (χ2v) is 14.7. The van der Waals surface area contributed by atoms with Gasteiger partial charge in [-0.1, -0.05) is 113 Å². The fraction of sp³-hybridized carbons (Fsp3) is 0.333. The van der Waals surface area contributed by atoms with Crippen LogP contribution in [0.25, 0.3) is 11.1 Å². The van der Waals surface area contributed by atoms with Gasteiger partial charge in [0.05, 0.1) is 11.7 Å². The van der Waals surface area contributed by atoms with Gasteiger partial charge < -0.3 is 10.6 Å². The van der Waals surface area contributed by atoms with Crippen LogP contribution >= 0.6 is 0 Å². The van der Waals surface area contributed by atoms with Crippen LogP contribution in [0.1, 0.15) is 85.5 Å². The lowest BCUT2D eigenvalue weighted by Crippen LogP contribution is -2.28. The molecular weight excluding hydrogens is 609 g/mol. The molecule has 0 aliphatic heterocycles. The summed E-state index contributed by atoms with van der Waals surface area (Å²) in [5.74, 6) is -1.63. The molecule has 4 rings (SSSR count). The summed E-state index contributed by atoms with van der Waals surface area (Å²) in [6.45, 7) is 8.47. The second-order valence-electron chi connectivity index (χ2n) is 13.1. The zero-order chi connectivity index (χ0) is 34.0. The first-order valence-corrected chi connectivity index (χ1v) is 17.9. The van der Waals surface area contributed by atoms with Crippen molar-refractivity contribution < 1.29 is 22.6 Å². The lowest BCUT2D eigenvalue weighted by atomic mass is 9.84. The summed E-state index contributed by atoms with van der Waals surface area (Å²) >= 11 is 0. The van der Waals surface area contributed by atoms with Crippen molar-refractivity contribution >= 4 is 27.6 Å². The topological polar surface area (TPSA) is 113 Å². The first-order valence-electron chi connectivity index (χ1n) is 16.3. The quantitative estimate of drug-likeness (QED) is 0.0943. The van der Waals surface area contributed by atoms with Gasteiger partial charge in [-0.25, -0.2) is 0 Å². The lowest BCUT2D eigenvalue weighted by Gasteiger charge is -2.22. The van der Waals surface area contributed by atoms with Crippen LogP contribution in [0.15, 0.2) is 97.1 Å². The fourth-order valence-electron chi connectivity index (χ4n) is 5.42. The molecule has 7 nitrogen and oxygen atoms in total. The summed E-state index contributed by atoms with van der Waals surface area (Å²) < 4.78 is 30.8. The van der Waals surface area contributed by atoms with E-state index >= 15 is 0 Å². The SMILES string of the molecule is CCCCCc1ccc(-c2ccc(NC(=O)C(Cc3ccc(C(=O)NCCS(=O)(=O)O)cc3)c3ccc(C(C)(C)C)cc3)cc2)cc1. The molecule has 248 valence electrons. The largest absolute Gasteiger partial charge is 0.351 e. The van der Waals surface area contributed by atoms with Crippen LogP contribution in [0.4, 0.5) is 5.69 Å². The van der Waals surface area contributed by atoms with Crippen LogP contribution < -0.4 is 10.6 Å². The average molecular weight is 655 g/mol. The Morgan fingerprint density at radius 3 is 1.89 bits per heavy atom. The average Bonchev–Trinajstić information content (AvgIpc) is 3.04. The third-order valence-corrected chi connectivity index (χ3v) is 9.03. The number of carbonyl (C=O) groups excluding carboxylic acids is 2. The molecule has 8 heteroatoms. The minimum Gasteiger partial charge on any atom is -0.351 e. The number of anilines is 1. The summed E-state index contributed by atoms with van der Waals surface area (Å²) in [4.78, 5) is 26.3. The maximum absolute atomic E-state index is 13.8. The lowest BCUT2D eigenvalue weighted by molar-refractivity contribution is -0.117. The van der Waals surface area contributed by atoms with E-state index in [1.165, 1.54) is 30.4 Å². The van der Waals surface area contributed by atoms with E-state index in [1.54, 1.807) is 24.3 Å². The smallest absolute Gasteiger partial charge is 0.266 e. The van der Waals surface area contributed by atoms with Gasteiger partial charge in [0.1, 0.15) is 0 Å². The minimum atomic E-state index is -4.16. The monoisotopic (exact) mass is 654 g/mol. The number of unbranched alkanes of at least 4 members (excludes halogenated alkanes) is 2. The number of hydrogen-bond donors (Lipinski definition) is 3. The van der Waals surface area contributed by atoms with Crippen molar-refractivity contribution in [3.63, 3.8) is 0 Å². The summed E-state index contributed by atoms with van der Waals surface area (Å²) in [7, 11) is -4.16. The maximum Gasteiger partial charge on any atom is 0.266 e. The highest BCUT2D eigenvalue weighted by Gasteiger charge is 2.23. The molecule has 0 aromatic heterocycles. The highest BCUT2D eigenvalue weighted by molar-refractivity contribution is 7.85. The molecule has 47 heavy (non-hydrogen) atoms. The zero-order valence-electron chi connectivity index (χ0n) is 27.8. The van der Waals surface area contributed by atoms with Gasteiger partial charge >= 0.3 is 0 Å². The van der Waals surface area contributed by atoms with Gasteiger partial charge in [-0.15, -0.1) is 0 Å². The molecule has 0 heterocycles. The van der Waals surface area contributed by atoms with Crippen LogP contribution in [0.5, 0.6) is 0 Å². The van der Waals surface area contributed by atoms with Crippen LogP contribution in [0.3, 0.4) is 0 Å². The molecule has 4 aromatic rings. The van der Waals surface area contributed by atoms with Crippen molar-refractivity contribution in [1.29, 1.82) is 0 Å². The first kappa shape index (κ1) is 35.6. The number of carbonyl (C=O) groups is 2. The second kappa shape index (κ2) is 16.0. The Morgan fingerprint density at radius 2 is 1.34 bits per heavy atom. The van der Waals surface area contributed by atoms with Gasteiger partial charge in [0.2, 0.25) is 5.91 Å². The molecule has 0 radical (unpaired) electrons. The molecule has 1 unspecified atom stereocenters. The van der Waals surface area contributed by atoms with Crippen molar-refractivity contribution in [2.45, 2.75) is 71.1 Å². The standard InChI is InChI=1S/C39H46N2O5S/c1-5-6-7-8-28-9-13-30(14-10-28)31-19-23-35(24-20-31)41-38(43)36(32-17-21-34(22-18-32)39(2,3)4)27-29-11-15-33(16-12-29)37(42)40-25-26-47(44,45)46/h9-24,36H,5-8,25-27H2,1-4H3,(H,40,42)(H,41,43)(H,44,45,46). The molecule has 0 saturated carbocycles. The molecular formula is C39H46N2O5S. The van der Waals surface area contributed by atoms with Crippen molar-refractivity contribution in [2.24, 2.45) is 0 Å². The van der Waals surface area contributed by atoms with Crippen molar-refractivity contribution in [3.05, 3.63) is 125 Å². The Balaban J connectivity index is 1.48. The predicted octanol–water partition coefficient (Wildman–Crippen LogP) is 7.97. The third kappa shape index (κ3) is 10.9. The van der Waals surface area contributed by atoms with Gasteiger partial charge in [-0.2, -0.15) is 8.42 Å². The fourth-order valence-corrected chi connectivity index (χ4v) is 5.78. The van der Waals surface area contributed by atoms with Gasteiger partial charge in [0, 0.05) is 17.8 Å². The summed E-state index contributed by atoms with van der Waals surface area (Å²) in [5.41, 5.74) is 7.54. The Hall–Kier alpha value is -4.27. The van der Waals surface area contributed by atoms with E-state index < -0.39 is 27.7 Å². The molecule has 0 saturated heterocycles. The first-order chi connectivity index (χ1) is 22.3. The molecule has 0 spiro atoms. The summed E-state index contributed by atoms with van der Waals surface area (Å²) in [5, 5.41) is 5.60. The molecule has 0 aliphatic carbocycles. The molecule has 0 bridgehead atoms. The van der Waals surface area contributed by atoms with Crippen LogP contribution in [0, 0.1) is 0 Å². The molecule has 0 fully saturated rings. The number of rotatable bonds is 14. The molecule has 4 aromatic carbocycles. The van der Waals surface area contributed by atoms with Crippen molar-refractivity contribution in [1.82, 2.24) is 5.32 Å². The highest BCUT2D eigenvalue weighted by atomic mass is 32.2. The van der Waals surface area contributed by atoms with E-state index in [0.29, 0.717) is 17.7 Å². The van der Waals surface area contributed by atoms with Gasteiger partial charge in [0.15, 0.2) is 0 Å². The van der Waals surface area contributed by atoms with E-state index in [1.807, 2.05) is 36.4 Å². The Kier molecular flexibility index (Phi) is 12.1. The molecule has 2 amide bonds. The molecule has 0 aliphatic rings. The number of benzene rings is 4. The van der Waals surface area contributed by atoms with E-state index in [4.69, 9.17) is 4.55 Å². The zero-order valence-corrected chi connectivity index (χ0v) is 28.6. The molecule has 1 atom stereocenters. The molecule has 3 N–H and O–H groups in total. The number of amides is 2. The summed E-state index contributed by atoms with van der Waals surface area (Å²) in [6.07, 6.45) is 5.17. The van der Waals surface area contributed by atoms with Gasteiger partial charge in [-0.05, 0) is 82.3 Å². The van der Waals surface area contributed by atoms with Gasteiger partial charge in [0.25, 0.3) is 16.0 Å². The summed E-state index contributed by atoms with van der Waals surface area (Å²) in [6, 6.07) is 31.6. The Morgan fingerprint density at radius 1 is 0.766 bits per heavy atom. The van der Waals surface area contributed by atoms with Crippen molar-refractivity contribution in [3.8, 4) is 11.1 Å². The Labute approximate surface area is 279 Å². The van der Waals surface area contributed by atoms with Gasteiger partial charge in [-0.3, -0.25) is 14.1 Å². The van der Waals surface area contributed by atoms with Crippen LogP contribution in [0.2, 0.25) is 0 Å². The normalized spacial score (nSPS) is 12.4. The minimum absolute atomic E-state index is 0.0226. The van der Waals surface area contributed by atoms with Crippen molar-refractivity contribution in [2.75, 3.05) is 17.6 Å². The third-order valence-electron chi connectivity index (χ3n) is 8.31. The maximum atomic E-state index is 13.8. The number of aryl methyl sites for hydroxylation is 1. The van der Waals surface area contributed by atoms with E-state index in [0.717, 1.165) is 28.7 Å². The van der Waals surface area contributed by atoms with Crippen LogP contribution in [-0.2, 0) is 33.2 Å². The van der Waals surface area contributed by atoms with E-state index in [2.05, 4.69) is 74.7 Å². The van der Waals surface area contributed by atoms with Crippen LogP contribution in [-0.4, -0.2) is 37.1 Å². The highest BCUT2D eigenvalue weighted by Crippen LogP contribution is 2.29. The number of hydrogen-bond acceptors (Lipinski definition) is 4. The Bertz CT molecular complexity index is 1720. The van der Waals surface area contributed by atoms with E-state index in [9.17, 15) is 18.0 Å². The van der Waals surface area contributed by atoms with E-state index in [-0.39, 0.29) is 17.9 Å². The number of nitrogens with one attached hydrogen (secondary N) is 2.